The van der Waals surface area contributed by atoms with Crippen LogP contribution in [0.4, 0.5) is 0 Å². The molecule has 1 N–H and O–H groups in total. The van der Waals surface area contributed by atoms with Crippen LogP contribution in [0.25, 0.3) is 0 Å². The molecule has 0 unspecified atom stereocenters. The van der Waals surface area contributed by atoms with E-state index in [-0.39, 0.29) is 12.2 Å². The Morgan fingerprint density at radius 2 is 2.05 bits per heavy atom. The van der Waals surface area contributed by atoms with Gasteiger partial charge >= 0.3 is 5.97 Å². The minimum Gasteiger partial charge on any atom is -0.497 e. The van der Waals surface area contributed by atoms with Crippen LogP contribution >= 0.6 is 11.8 Å². The molecule has 0 amide bonds. The highest BCUT2D eigenvalue weighted by Crippen LogP contribution is 2.17. The third kappa shape index (κ3) is 5.04. The van der Waals surface area contributed by atoms with Gasteiger partial charge in [-0.2, -0.15) is 5.26 Å². The van der Waals surface area contributed by atoms with Gasteiger partial charge in [-0.3, -0.25) is 0 Å². The molecule has 0 aromatic heterocycles. The van der Waals surface area contributed by atoms with Crippen molar-refractivity contribution in [1.82, 2.24) is 5.32 Å². The average Bonchev–Trinajstić information content (AvgIpc) is 2.52. The van der Waals surface area contributed by atoms with E-state index in [0.717, 1.165) is 11.3 Å². The molecule has 0 bridgehead atoms. The van der Waals surface area contributed by atoms with Crippen molar-refractivity contribution < 1.29 is 14.3 Å². The number of carbonyl (C=O) groups is 1. The van der Waals surface area contributed by atoms with Gasteiger partial charge in [0.05, 0.1) is 18.7 Å². The Labute approximate surface area is 128 Å². The summed E-state index contributed by atoms with van der Waals surface area (Å²) in [4.78, 5) is 11.7. The van der Waals surface area contributed by atoms with E-state index < -0.39 is 5.97 Å². The SMILES string of the molecule is CCOC(=O)/C(C#N)=C(\NCc1ccc(OC)cc1)SC. The first-order chi connectivity index (χ1) is 10.2. The van der Waals surface area contributed by atoms with Crippen LogP contribution in [0, 0.1) is 11.3 Å². The van der Waals surface area contributed by atoms with Gasteiger partial charge in [-0.05, 0) is 30.9 Å². The topological polar surface area (TPSA) is 71.4 Å². The summed E-state index contributed by atoms with van der Waals surface area (Å²) in [6.45, 7) is 2.45. The minimum atomic E-state index is -0.605. The van der Waals surface area contributed by atoms with Gasteiger partial charge in [-0.15, -0.1) is 11.8 Å². The van der Waals surface area contributed by atoms with E-state index in [1.54, 1.807) is 20.3 Å². The Bertz CT molecular complexity index is 547. The molecule has 0 fully saturated rings. The lowest BCUT2D eigenvalue weighted by atomic mass is 10.2. The lowest BCUT2D eigenvalue weighted by Crippen LogP contribution is -2.17. The molecule has 0 radical (unpaired) electrons. The monoisotopic (exact) mass is 306 g/mol. The molecule has 0 aliphatic rings. The fourth-order valence-electron chi connectivity index (χ4n) is 1.58. The molecule has 0 saturated heterocycles. The summed E-state index contributed by atoms with van der Waals surface area (Å²) >= 11 is 1.30. The van der Waals surface area contributed by atoms with Crippen molar-refractivity contribution in [3.63, 3.8) is 0 Å². The fraction of sp³-hybridized carbons (Fsp3) is 0.333. The third-order valence-electron chi connectivity index (χ3n) is 2.63. The molecule has 0 aliphatic heterocycles. The molecule has 1 aromatic carbocycles. The van der Waals surface area contributed by atoms with Crippen molar-refractivity contribution in [3.8, 4) is 11.8 Å². The van der Waals surface area contributed by atoms with E-state index in [1.165, 1.54) is 11.8 Å². The van der Waals surface area contributed by atoms with Crippen LogP contribution < -0.4 is 10.1 Å². The molecule has 0 heterocycles. The number of rotatable bonds is 7. The van der Waals surface area contributed by atoms with Gasteiger partial charge in [0.15, 0.2) is 5.57 Å². The number of methoxy groups -OCH3 is 1. The average molecular weight is 306 g/mol. The summed E-state index contributed by atoms with van der Waals surface area (Å²) in [5.74, 6) is 0.176. The number of hydrogen-bond acceptors (Lipinski definition) is 6. The minimum absolute atomic E-state index is 0.00198. The predicted molar refractivity (Wildman–Crippen MR) is 82.6 cm³/mol. The van der Waals surface area contributed by atoms with Gasteiger partial charge in [0.2, 0.25) is 0 Å². The number of nitrogens with one attached hydrogen (secondary N) is 1. The van der Waals surface area contributed by atoms with Gasteiger partial charge in [0.25, 0.3) is 0 Å². The van der Waals surface area contributed by atoms with Gasteiger partial charge in [-0.1, -0.05) is 12.1 Å². The van der Waals surface area contributed by atoms with E-state index >= 15 is 0 Å². The molecule has 6 heteroatoms. The van der Waals surface area contributed by atoms with Crippen molar-refractivity contribution in [2.75, 3.05) is 20.0 Å². The van der Waals surface area contributed by atoms with Crippen LogP contribution in [-0.4, -0.2) is 25.9 Å². The molecule has 0 saturated carbocycles. The third-order valence-corrected chi connectivity index (χ3v) is 3.39. The summed E-state index contributed by atoms with van der Waals surface area (Å²) in [6.07, 6.45) is 1.80. The number of ether oxygens (including phenoxy) is 2. The molecule has 5 nitrogen and oxygen atoms in total. The Kier molecular flexibility index (Phi) is 7.19. The van der Waals surface area contributed by atoms with Crippen LogP contribution in [0.3, 0.4) is 0 Å². The van der Waals surface area contributed by atoms with Crippen molar-refractivity contribution in [2.24, 2.45) is 0 Å². The molecule has 112 valence electrons. The van der Waals surface area contributed by atoms with Crippen LogP contribution in [-0.2, 0) is 16.1 Å². The summed E-state index contributed by atoms with van der Waals surface area (Å²) in [5.41, 5.74) is 1.02. The lowest BCUT2D eigenvalue weighted by molar-refractivity contribution is -0.138. The highest BCUT2D eigenvalue weighted by atomic mass is 32.2. The molecule has 1 rings (SSSR count). The van der Waals surface area contributed by atoms with E-state index in [0.29, 0.717) is 11.6 Å². The molecule has 1 aromatic rings. The largest absolute Gasteiger partial charge is 0.497 e. The highest BCUT2D eigenvalue weighted by molar-refractivity contribution is 8.02. The van der Waals surface area contributed by atoms with Crippen LogP contribution in [0.1, 0.15) is 12.5 Å². The second-order valence-corrected chi connectivity index (χ2v) is 4.76. The highest BCUT2D eigenvalue weighted by Gasteiger charge is 2.16. The predicted octanol–water partition coefficient (Wildman–Crippen LogP) is 2.45. The molecule has 0 aliphatic carbocycles. The van der Waals surface area contributed by atoms with Crippen molar-refractivity contribution in [1.29, 1.82) is 5.26 Å². The van der Waals surface area contributed by atoms with Crippen LogP contribution in [0.5, 0.6) is 5.75 Å². The van der Waals surface area contributed by atoms with E-state index in [4.69, 9.17) is 14.7 Å². The first-order valence-electron chi connectivity index (χ1n) is 6.38. The normalized spacial score (nSPS) is 11.1. The fourth-order valence-corrected chi connectivity index (χ4v) is 2.13. The zero-order valence-corrected chi connectivity index (χ0v) is 13.1. The maximum atomic E-state index is 11.7. The maximum absolute atomic E-state index is 11.7. The van der Waals surface area contributed by atoms with Crippen molar-refractivity contribution in [2.45, 2.75) is 13.5 Å². The van der Waals surface area contributed by atoms with Gasteiger partial charge < -0.3 is 14.8 Å². The smallest absolute Gasteiger partial charge is 0.351 e. The number of hydrogen-bond donors (Lipinski definition) is 1. The standard InChI is InChI=1S/C15H18N2O3S/c1-4-20-15(18)13(9-16)14(21-3)17-10-11-5-7-12(19-2)8-6-11/h5-8,17H,4,10H2,1-3H3/b14-13+. The zero-order chi connectivity index (χ0) is 15.7. The second kappa shape index (κ2) is 8.93. The Morgan fingerprint density at radius 3 is 2.52 bits per heavy atom. The molecular weight excluding hydrogens is 288 g/mol. The number of benzene rings is 1. The van der Waals surface area contributed by atoms with E-state index in [1.807, 2.05) is 30.3 Å². The van der Waals surface area contributed by atoms with Crippen LogP contribution in [0.15, 0.2) is 34.9 Å². The Hall–Kier alpha value is -2.13. The number of carbonyl (C=O) groups excluding carboxylic acids is 1. The quantitative estimate of drug-likeness (QED) is 0.474. The first-order valence-corrected chi connectivity index (χ1v) is 7.61. The summed E-state index contributed by atoms with van der Waals surface area (Å²) in [6, 6.07) is 9.44. The zero-order valence-electron chi connectivity index (χ0n) is 12.3. The van der Waals surface area contributed by atoms with Gasteiger partial charge in [-0.25, -0.2) is 4.79 Å². The molecule has 0 spiro atoms. The van der Waals surface area contributed by atoms with Crippen molar-refractivity contribution >= 4 is 17.7 Å². The molecule has 0 atom stereocenters. The number of esters is 1. The van der Waals surface area contributed by atoms with E-state index in [9.17, 15) is 4.79 Å². The Balaban J connectivity index is 2.80. The Morgan fingerprint density at radius 1 is 1.38 bits per heavy atom. The second-order valence-electron chi connectivity index (χ2n) is 3.94. The summed E-state index contributed by atoms with van der Waals surface area (Å²) in [5, 5.41) is 12.7. The summed E-state index contributed by atoms with van der Waals surface area (Å²) < 4.78 is 9.96. The molecule has 21 heavy (non-hydrogen) atoms. The number of nitrogens with zero attached hydrogens (tertiary/aromatic N) is 1. The first kappa shape index (κ1) is 16.9. The summed E-state index contributed by atoms with van der Waals surface area (Å²) in [7, 11) is 1.61. The van der Waals surface area contributed by atoms with Gasteiger partial charge in [0, 0.05) is 6.54 Å². The maximum Gasteiger partial charge on any atom is 0.351 e. The lowest BCUT2D eigenvalue weighted by Gasteiger charge is -2.11. The van der Waals surface area contributed by atoms with Crippen LogP contribution in [0.2, 0.25) is 0 Å². The number of thioether (sulfide) groups is 1. The van der Waals surface area contributed by atoms with E-state index in [2.05, 4.69) is 5.32 Å². The molecular formula is C15H18N2O3S. The number of nitriles is 1. The van der Waals surface area contributed by atoms with Gasteiger partial charge in [0.1, 0.15) is 11.8 Å². The van der Waals surface area contributed by atoms with Crippen molar-refractivity contribution in [3.05, 3.63) is 40.4 Å².